The largest absolute Gasteiger partial charge is 0.355 e. The molecule has 1 aromatic carbocycles. The fourth-order valence-corrected chi connectivity index (χ4v) is 4.24. The second kappa shape index (κ2) is 6.15. The maximum atomic E-state index is 6.66. The van der Waals surface area contributed by atoms with Crippen LogP contribution in [0.4, 0.5) is 5.82 Å². The third kappa shape index (κ3) is 2.86. The fourth-order valence-electron chi connectivity index (χ4n) is 3.90. The summed E-state index contributed by atoms with van der Waals surface area (Å²) < 4.78 is 0. The predicted molar refractivity (Wildman–Crippen MR) is 107 cm³/mol. The summed E-state index contributed by atoms with van der Waals surface area (Å²) >= 11 is 6.66. The standard InChI is InChI=1S/C19H22ClN7/c1-19(21)4-6-27(7-5-19)14-10-23-17-16(25-26-18(17)24-14)12-3-2-11-8-22-9-13(11)15(12)20/h2-3,10,22H,4-9,21H2,1H3,(H,24,25,26). The van der Waals surface area contributed by atoms with E-state index in [9.17, 15) is 0 Å². The summed E-state index contributed by atoms with van der Waals surface area (Å²) in [5, 5.41) is 11.6. The average Bonchev–Trinajstić information content (AvgIpc) is 3.29. The molecule has 3 aromatic rings. The zero-order valence-corrected chi connectivity index (χ0v) is 16.0. The number of hydrogen-bond donors (Lipinski definition) is 3. The molecule has 8 heteroatoms. The van der Waals surface area contributed by atoms with Crippen LogP contribution in [0.25, 0.3) is 22.4 Å². The lowest BCUT2D eigenvalue weighted by Gasteiger charge is -2.37. The number of H-pyrrole nitrogens is 1. The monoisotopic (exact) mass is 383 g/mol. The van der Waals surface area contributed by atoms with E-state index < -0.39 is 0 Å². The Balaban J connectivity index is 1.50. The van der Waals surface area contributed by atoms with E-state index in [0.717, 1.165) is 72.2 Å². The maximum Gasteiger partial charge on any atom is 0.177 e. The van der Waals surface area contributed by atoms with E-state index in [1.807, 2.05) is 12.3 Å². The molecule has 5 rings (SSSR count). The van der Waals surface area contributed by atoms with Crippen LogP contribution >= 0.6 is 11.6 Å². The van der Waals surface area contributed by atoms with Crippen molar-refractivity contribution in [2.24, 2.45) is 5.73 Å². The lowest BCUT2D eigenvalue weighted by molar-refractivity contribution is 0.363. The Bertz CT molecular complexity index is 1020. The topological polar surface area (TPSA) is 95.7 Å². The number of nitrogens with one attached hydrogen (secondary N) is 2. The lowest BCUT2D eigenvalue weighted by atomic mass is 9.91. The molecule has 2 aromatic heterocycles. The van der Waals surface area contributed by atoms with Gasteiger partial charge in [0.1, 0.15) is 17.0 Å². The highest BCUT2D eigenvalue weighted by molar-refractivity contribution is 6.34. The Hall–Kier alpha value is -2.22. The van der Waals surface area contributed by atoms with Crippen molar-refractivity contribution < 1.29 is 0 Å². The zero-order valence-electron chi connectivity index (χ0n) is 15.2. The Kier molecular flexibility index (Phi) is 3.86. The summed E-state index contributed by atoms with van der Waals surface area (Å²) in [4.78, 5) is 11.6. The van der Waals surface area contributed by atoms with E-state index in [0.29, 0.717) is 5.65 Å². The summed E-state index contributed by atoms with van der Waals surface area (Å²) in [7, 11) is 0. The van der Waals surface area contributed by atoms with Crippen LogP contribution in [0.5, 0.6) is 0 Å². The molecule has 0 bridgehead atoms. The molecule has 27 heavy (non-hydrogen) atoms. The SMILES string of the molecule is CC1(N)CCN(c2cnc3c(-c4ccc5c(c4Cl)CNC5)n[nH]c3n2)CC1. The lowest BCUT2D eigenvalue weighted by Crippen LogP contribution is -2.48. The molecular formula is C19H22ClN7. The van der Waals surface area contributed by atoms with E-state index in [1.54, 1.807) is 0 Å². The van der Waals surface area contributed by atoms with Gasteiger partial charge in [-0.25, -0.2) is 9.97 Å². The number of halogens is 1. The highest BCUT2D eigenvalue weighted by Crippen LogP contribution is 2.36. The first-order chi connectivity index (χ1) is 13.0. The van der Waals surface area contributed by atoms with Crippen LogP contribution in [0.2, 0.25) is 5.02 Å². The van der Waals surface area contributed by atoms with Crippen molar-refractivity contribution in [2.45, 2.75) is 38.4 Å². The Morgan fingerprint density at radius 1 is 1.22 bits per heavy atom. The minimum atomic E-state index is -0.0889. The second-order valence-electron chi connectivity index (χ2n) is 7.81. The number of hydrogen-bond acceptors (Lipinski definition) is 6. The molecule has 2 aliphatic heterocycles. The Morgan fingerprint density at radius 3 is 2.85 bits per heavy atom. The number of piperidine rings is 1. The van der Waals surface area contributed by atoms with Gasteiger partial charge in [-0.3, -0.25) is 5.10 Å². The van der Waals surface area contributed by atoms with Gasteiger partial charge < -0.3 is 16.0 Å². The first kappa shape index (κ1) is 16.9. The molecule has 0 atom stereocenters. The highest BCUT2D eigenvalue weighted by Gasteiger charge is 2.27. The van der Waals surface area contributed by atoms with Crippen LogP contribution in [0.15, 0.2) is 18.3 Å². The van der Waals surface area contributed by atoms with Gasteiger partial charge >= 0.3 is 0 Å². The first-order valence-corrected chi connectivity index (χ1v) is 9.66. The molecule has 4 N–H and O–H groups in total. The third-order valence-electron chi connectivity index (χ3n) is 5.70. The molecule has 2 aliphatic rings. The molecule has 4 heterocycles. The summed E-state index contributed by atoms with van der Waals surface area (Å²) in [6, 6.07) is 4.13. The Morgan fingerprint density at radius 2 is 2.04 bits per heavy atom. The predicted octanol–water partition coefficient (Wildman–Crippen LogP) is 2.59. The molecule has 0 amide bonds. The molecule has 7 nitrogen and oxygen atoms in total. The number of nitrogens with two attached hydrogens (primary N) is 1. The van der Waals surface area contributed by atoms with Gasteiger partial charge in [-0.15, -0.1) is 0 Å². The minimum absolute atomic E-state index is 0.0889. The van der Waals surface area contributed by atoms with Gasteiger partial charge in [0.2, 0.25) is 0 Å². The summed E-state index contributed by atoms with van der Waals surface area (Å²) in [5.41, 5.74) is 11.6. The van der Waals surface area contributed by atoms with Gasteiger partial charge in [-0.05, 0) is 30.9 Å². The zero-order chi connectivity index (χ0) is 18.6. The van der Waals surface area contributed by atoms with Crippen LogP contribution in [0.1, 0.15) is 30.9 Å². The van der Waals surface area contributed by atoms with E-state index in [1.165, 1.54) is 5.56 Å². The van der Waals surface area contributed by atoms with Gasteiger partial charge in [-0.2, -0.15) is 5.10 Å². The summed E-state index contributed by atoms with van der Waals surface area (Å²) in [6.45, 7) is 5.53. The normalized spacial score (nSPS) is 18.9. The number of aromatic amines is 1. The summed E-state index contributed by atoms with van der Waals surface area (Å²) in [5.74, 6) is 0.859. The van der Waals surface area contributed by atoms with Crippen molar-refractivity contribution in [3.8, 4) is 11.3 Å². The van der Waals surface area contributed by atoms with Crippen molar-refractivity contribution in [1.82, 2.24) is 25.5 Å². The molecule has 0 saturated carbocycles. The van der Waals surface area contributed by atoms with Gasteiger partial charge in [0.05, 0.1) is 11.2 Å². The molecule has 1 fully saturated rings. The van der Waals surface area contributed by atoms with Crippen LogP contribution < -0.4 is 16.0 Å². The van der Waals surface area contributed by atoms with E-state index >= 15 is 0 Å². The number of anilines is 1. The number of fused-ring (bicyclic) bond motifs is 2. The minimum Gasteiger partial charge on any atom is -0.355 e. The van der Waals surface area contributed by atoms with Gasteiger partial charge in [0.25, 0.3) is 0 Å². The van der Waals surface area contributed by atoms with Crippen molar-refractivity contribution in [1.29, 1.82) is 0 Å². The molecular weight excluding hydrogens is 362 g/mol. The highest BCUT2D eigenvalue weighted by atomic mass is 35.5. The van der Waals surface area contributed by atoms with E-state index in [-0.39, 0.29) is 5.54 Å². The Labute approximate surface area is 162 Å². The average molecular weight is 384 g/mol. The fraction of sp³-hybridized carbons (Fsp3) is 0.421. The molecule has 140 valence electrons. The van der Waals surface area contributed by atoms with Crippen LogP contribution in [-0.2, 0) is 13.1 Å². The van der Waals surface area contributed by atoms with Crippen LogP contribution in [0.3, 0.4) is 0 Å². The quantitative estimate of drug-likeness (QED) is 0.629. The smallest absolute Gasteiger partial charge is 0.177 e. The second-order valence-corrected chi connectivity index (χ2v) is 8.19. The molecule has 1 saturated heterocycles. The van der Waals surface area contributed by atoms with Crippen molar-refractivity contribution in [3.05, 3.63) is 34.5 Å². The number of benzene rings is 1. The first-order valence-electron chi connectivity index (χ1n) is 9.28. The van der Waals surface area contributed by atoms with Gasteiger partial charge in [0.15, 0.2) is 5.65 Å². The van der Waals surface area contributed by atoms with Crippen molar-refractivity contribution in [2.75, 3.05) is 18.0 Å². The van der Waals surface area contributed by atoms with Crippen molar-refractivity contribution >= 4 is 28.6 Å². The van der Waals surface area contributed by atoms with Crippen LogP contribution in [0, 0.1) is 0 Å². The summed E-state index contributed by atoms with van der Waals surface area (Å²) in [6.07, 6.45) is 3.71. The number of aromatic nitrogens is 4. The molecule has 0 spiro atoms. The van der Waals surface area contributed by atoms with Crippen molar-refractivity contribution in [3.63, 3.8) is 0 Å². The third-order valence-corrected chi connectivity index (χ3v) is 6.13. The number of rotatable bonds is 2. The molecule has 0 unspecified atom stereocenters. The van der Waals surface area contributed by atoms with E-state index in [2.05, 4.69) is 38.4 Å². The van der Waals surface area contributed by atoms with E-state index in [4.69, 9.17) is 22.3 Å². The maximum absolute atomic E-state index is 6.66. The number of nitrogens with zero attached hydrogens (tertiary/aromatic N) is 4. The van der Waals surface area contributed by atoms with Gasteiger partial charge in [0, 0.05) is 37.3 Å². The van der Waals surface area contributed by atoms with Gasteiger partial charge in [-0.1, -0.05) is 23.7 Å². The van der Waals surface area contributed by atoms with Crippen LogP contribution in [-0.4, -0.2) is 38.8 Å². The molecule has 0 aliphatic carbocycles. The molecule has 0 radical (unpaired) electrons.